The molecule has 0 unspecified atom stereocenters. The van der Waals surface area contributed by atoms with Crippen LogP contribution in [0.1, 0.15) is 13.8 Å². The van der Waals surface area contributed by atoms with Crippen molar-refractivity contribution in [3.63, 3.8) is 0 Å². The molecule has 4 nitrogen and oxygen atoms in total. The molecule has 0 rings (SSSR count). The summed E-state index contributed by atoms with van der Waals surface area (Å²) in [6.45, 7) is 3.60. The van der Waals surface area contributed by atoms with E-state index in [0.717, 1.165) is 0 Å². The second-order valence-electron chi connectivity index (χ2n) is 2.36. The van der Waals surface area contributed by atoms with Crippen LogP contribution in [0.4, 0.5) is 0 Å². The molecule has 0 aliphatic carbocycles. The largest absolute Gasteiger partial charge is 0.320 e. The first-order valence-corrected chi connectivity index (χ1v) is 3.02. The molecular weight excluding hydrogens is 132 g/mol. The van der Waals surface area contributed by atoms with Gasteiger partial charge in [-0.3, -0.25) is 14.9 Å². The van der Waals surface area contributed by atoms with E-state index in [0.29, 0.717) is 0 Å². The molecule has 0 fully saturated rings. The molecule has 0 aromatic carbocycles. The Morgan fingerprint density at radius 3 is 2.40 bits per heavy atom. The van der Waals surface area contributed by atoms with E-state index in [4.69, 9.17) is 5.73 Å². The minimum absolute atomic E-state index is 0.0355. The standard InChI is InChI=1S/C6H11N2O2/c1-4(2)5(7)6(10)8-3-9/h4-5H,7H2,1-2H3,(H,8,9,10)/t5-/m0/s1. The van der Waals surface area contributed by atoms with Gasteiger partial charge in [0.05, 0.1) is 6.04 Å². The van der Waals surface area contributed by atoms with Crippen molar-refractivity contribution in [2.75, 3.05) is 0 Å². The third-order valence-electron chi connectivity index (χ3n) is 1.20. The number of carbonyl (C=O) groups excluding carboxylic acids is 2. The lowest BCUT2D eigenvalue weighted by Crippen LogP contribution is -2.43. The Morgan fingerprint density at radius 1 is 1.60 bits per heavy atom. The van der Waals surface area contributed by atoms with E-state index in [2.05, 4.69) is 0 Å². The van der Waals surface area contributed by atoms with Crippen LogP contribution in [0, 0.1) is 5.92 Å². The molecule has 0 saturated carbocycles. The lowest BCUT2D eigenvalue weighted by molar-refractivity contribution is -0.121. The van der Waals surface area contributed by atoms with Crippen molar-refractivity contribution in [2.24, 2.45) is 11.7 Å². The van der Waals surface area contributed by atoms with Gasteiger partial charge in [-0.25, -0.2) is 0 Å². The highest BCUT2D eigenvalue weighted by Crippen LogP contribution is 1.96. The first kappa shape index (κ1) is 9.10. The van der Waals surface area contributed by atoms with Gasteiger partial charge in [-0.05, 0) is 5.92 Å². The molecule has 0 spiro atoms. The molecule has 57 valence electrons. The quantitative estimate of drug-likeness (QED) is 0.505. The third-order valence-corrected chi connectivity index (χ3v) is 1.20. The minimum atomic E-state index is -0.624. The molecule has 1 atom stereocenters. The fourth-order valence-electron chi connectivity index (χ4n) is 0.436. The number of amides is 2. The molecule has 0 aromatic heterocycles. The van der Waals surface area contributed by atoms with Crippen LogP contribution in [0.25, 0.3) is 0 Å². The summed E-state index contributed by atoms with van der Waals surface area (Å²) in [5.74, 6) is -0.446. The number of hydrogen-bond donors (Lipinski definition) is 2. The molecule has 0 aromatic rings. The zero-order valence-corrected chi connectivity index (χ0v) is 6.05. The van der Waals surface area contributed by atoms with Gasteiger partial charge >= 0.3 is 6.41 Å². The van der Waals surface area contributed by atoms with Crippen LogP contribution in [0.2, 0.25) is 0 Å². The van der Waals surface area contributed by atoms with Gasteiger partial charge in [0.15, 0.2) is 0 Å². The van der Waals surface area contributed by atoms with Crippen LogP contribution >= 0.6 is 0 Å². The second-order valence-corrected chi connectivity index (χ2v) is 2.36. The van der Waals surface area contributed by atoms with E-state index in [1.54, 1.807) is 13.8 Å². The smallest absolute Gasteiger partial charge is 0.316 e. The summed E-state index contributed by atoms with van der Waals surface area (Å²) in [5.41, 5.74) is 5.36. The third kappa shape index (κ3) is 2.59. The highest BCUT2D eigenvalue weighted by atomic mass is 16.2. The predicted octanol–water partition coefficient (Wildman–Crippen LogP) is -0.847. The molecular formula is C6H11N2O2. The second kappa shape index (κ2) is 4.00. The summed E-state index contributed by atoms with van der Waals surface area (Å²) in [6.07, 6.45) is 1.27. The van der Waals surface area contributed by atoms with E-state index in [9.17, 15) is 9.59 Å². The molecule has 10 heavy (non-hydrogen) atoms. The van der Waals surface area contributed by atoms with Crippen molar-refractivity contribution in [1.29, 1.82) is 0 Å². The Kier molecular flexibility index (Phi) is 3.64. The Labute approximate surface area is 59.8 Å². The van der Waals surface area contributed by atoms with Crippen LogP contribution in [0.15, 0.2) is 0 Å². The number of nitrogens with two attached hydrogens (primary N) is 1. The molecule has 3 N–H and O–H groups in total. The summed E-state index contributed by atoms with van der Waals surface area (Å²) in [6, 6.07) is -0.624. The normalized spacial score (nSPS) is 12.8. The number of imide groups is 1. The Bertz CT molecular complexity index is 134. The van der Waals surface area contributed by atoms with Crippen LogP contribution in [-0.2, 0) is 9.59 Å². The van der Waals surface area contributed by atoms with Gasteiger partial charge in [0.2, 0.25) is 5.91 Å². The zero-order valence-electron chi connectivity index (χ0n) is 6.05. The summed E-state index contributed by atoms with van der Waals surface area (Å²) < 4.78 is 0. The molecule has 0 heterocycles. The van der Waals surface area contributed by atoms with E-state index in [-0.39, 0.29) is 5.92 Å². The summed E-state index contributed by atoms with van der Waals surface area (Å²) in [5, 5.41) is 1.86. The number of rotatable bonds is 3. The molecule has 0 saturated heterocycles. The van der Waals surface area contributed by atoms with Crippen LogP contribution < -0.4 is 11.1 Å². The van der Waals surface area contributed by atoms with Gasteiger partial charge in [0, 0.05) is 0 Å². The molecule has 0 aliphatic heterocycles. The van der Waals surface area contributed by atoms with E-state index >= 15 is 0 Å². The average Bonchev–Trinajstić information content (AvgIpc) is 1.87. The van der Waals surface area contributed by atoms with Gasteiger partial charge in [-0.1, -0.05) is 13.8 Å². The van der Waals surface area contributed by atoms with Crippen molar-refractivity contribution in [3.05, 3.63) is 0 Å². The lowest BCUT2D eigenvalue weighted by atomic mass is 10.1. The van der Waals surface area contributed by atoms with Gasteiger partial charge in [-0.2, -0.15) is 0 Å². The first-order valence-electron chi connectivity index (χ1n) is 3.02. The maximum atomic E-state index is 10.7. The molecule has 1 radical (unpaired) electrons. The monoisotopic (exact) mass is 143 g/mol. The van der Waals surface area contributed by atoms with Gasteiger partial charge in [0.1, 0.15) is 0 Å². The molecule has 2 amide bonds. The molecule has 0 bridgehead atoms. The summed E-state index contributed by atoms with van der Waals surface area (Å²) >= 11 is 0. The number of carbonyl (C=O) groups is 1. The summed E-state index contributed by atoms with van der Waals surface area (Å²) in [7, 11) is 0. The Balaban J connectivity index is 3.81. The fraction of sp³-hybridized carbons (Fsp3) is 0.667. The molecule has 4 heteroatoms. The van der Waals surface area contributed by atoms with Crippen molar-refractivity contribution in [2.45, 2.75) is 19.9 Å². The van der Waals surface area contributed by atoms with Gasteiger partial charge < -0.3 is 5.73 Å². The SMILES string of the molecule is CC(C)[C@H](N)C(=O)N[C]=O. The topological polar surface area (TPSA) is 72.2 Å². The minimum Gasteiger partial charge on any atom is -0.320 e. The van der Waals surface area contributed by atoms with Crippen LogP contribution in [0.5, 0.6) is 0 Å². The van der Waals surface area contributed by atoms with E-state index in [1.807, 2.05) is 5.32 Å². The maximum absolute atomic E-state index is 10.7. The zero-order chi connectivity index (χ0) is 8.15. The van der Waals surface area contributed by atoms with Crippen molar-refractivity contribution < 1.29 is 9.59 Å². The predicted molar refractivity (Wildman–Crippen MR) is 36.6 cm³/mol. The molecule has 0 aliphatic rings. The van der Waals surface area contributed by atoms with Crippen LogP contribution in [0.3, 0.4) is 0 Å². The Hall–Kier alpha value is -0.900. The fourth-order valence-corrected chi connectivity index (χ4v) is 0.436. The Morgan fingerprint density at radius 2 is 2.10 bits per heavy atom. The van der Waals surface area contributed by atoms with E-state index in [1.165, 1.54) is 6.41 Å². The lowest BCUT2D eigenvalue weighted by Gasteiger charge is -2.11. The van der Waals surface area contributed by atoms with Crippen LogP contribution in [-0.4, -0.2) is 18.4 Å². The van der Waals surface area contributed by atoms with Gasteiger partial charge in [-0.15, -0.1) is 0 Å². The van der Waals surface area contributed by atoms with Gasteiger partial charge in [0.25, 0.3) is 0 Å². The highest BCUT2D eigenvalue weighted by Gasteiger charge is 2.15. The van der Waals surface area contributed by atoms with E-state index < -0.39 is 11.9 Å². The van der Waals surface area contributed by atoms with Crippen molar-refractivity contribution in [3.8, 4) is 0 Å². The summed E-state index contributed by atoms with van der Waals surface area (Å²) in [4.78, 5) is 20.3. The van der Waals surface area contributed by atoms with Crippen molar-refractivity contribution in [1.82, 2.24) is 5.32 Å². The van der Waals surface area contributed by atoms with Crippen molar-refractivity contribution >= 4 is 12.3 Å². The maximum Gasteiger partial charge on any atom is 0.316 e. The highest BCUT2D eigenvalue weighted by molar-refractivity contribution is 5.90. The number of hydrogen-bond acceptors (Lipinski definition) is 3. The number of nitrogens with one attached hydrogen (secondary N) is 1. The first-order chi connectivity index (χ1) is 4.59. The average molecular weight is 143 g/mol.